The average Bonchev–Trinajstić information content (AvgIpc) is 2.94. The zero-order valence-electron chi connectivity index (χ0n) is 21.1. The van der Waals surface area contributed by atoms with E-state index in [0.29, 0.717) is 14.7 Å². The largest absolute Gasteiger partial charge is 0.313 e. The van der Waals surface area contributed by atoms with Crippen molar-refractivity contribution >= 4 is 36.9 Å². The Kier molecular flexibility index (Phi) is 9.92. The van der Waals surface area contributed by atoms with Crippen molar-refractivity contribution in [2.24, 2.45) is 0 Å². The van der Waals surface area contributed by atoms with Crippen LogP contribution < -0.4 is 21.2 Å². The molecule has 4 aromatic rings. The van der Waals surface area contributed by atoms with Crippen LogP contribution in [-0.4, -0.2) is 6.16 Å². The zero-order chi connectivity index (χ0) is 25.1. The summed E-state index contributed by atoms with van der Waals surface area (Å²) in [5, 5.41) is 4.54. The minimum atomic E-state index is -2.73. The SMILES string of the molecule is CCCCCC/C=C\CP(=O)(c1ccccc1)c1ccc(-c2ccc(Pc3ccccc3)cc2)cc1. The molecule has 2 atom stereocenters. The van der Waals surface area contributed by atoms with Gasteiger partial charge in [0.1, 0.15) is 7.14 Å². The van der Waals surface area contributed by atoms with E-state index in [2.05, 4.69) is 97.9 Å². The van der Waals surface area contributed by atoms with E-state index in [-0.39, 0.29) is 0 Å². The van der Waals surface area contributed by atoms with Crippen molar-refractivity contribution in [1.29, 1.82) is 0 Å². The van der Waals surface area contributed by atoms with E-state index < -0.39 is 7.14 Å². The van der Waals surface area contributed by atoms with Gasteiger partial charge in [-0.15, -0.1) is 0 Å². The molecule has 2 unspecified atom stereocenters. The molecule has 0 radical (unpaired) electrons. The van der Waals surface area contributed by atoms with Gasteiger partial charge in [-0.25, -0.2) is 0 Å². The average molecular weight is 511 g/mol. The second-order valence-corrected chi connectivity index (χ2v) is 13.5. The second kappa shape index (κ2) is 13.5. The van der Waals surface area contributed by atoms with Gasteiger partial charge >= 0.3 is 0 Å². The first kappa shape index (κ1) is 26.3. The van der Waals surface area contributed by atoms with Crippen LogP contribution >= 0.6 is 15.7 Å². The Morgan fingerprint density at radius 3 is 1.81 bits per heavy atom. The van der Waals surface area contributed by atoms with Crippen molar-refractivity contribution in [3.63, 3.8) is 0 Å². The smallest absolute Gasteiger partial charge is 0.146 e. The fourth-order valence-corrected chi connectivity index (χ4v) is 7.86. The predicted octanol–water partition coefficient (Wildman–Crippen LogP) is 7.82. The van der Waals surface area contributed by atoms with Crippen LogP contribution in [0.25, 0.3) is 11.1 Å². The predicted molar refractivity (Wildman–Crippen MR) is 162 cm³/mol. The Balaban J connectivity index is 1.49. The topological polar surface area (TPSA) is 17.1 Å². The molecule has 0 heterocycles. The fourth-order valence-electron chi connectivity index (χ4n) is 4.39. The van der Waals surface area contributed by atoms with Gasteiger partial charge in [0.2, 0.25) is 0 Å². The van der Waals surface area contributed by atoms with Crippen molar-refractivity contribution in [3.8, 4) is 11.1 Å². The molecular weight excluding hydrogens is 474 g/mol. The lowest BCUT2D eigenvalue weighted by atomic mass is 10.1. The van der Waals surface area contributed by atoms with Crippen molar-refractivity contribution in [2.45, 2.75) is 39.0 Å². The van der Waals surface area contributed by atoms with Gasteiger partial charge in [-0.2, -0.15) is 0 Å². The summed E-state index contributed by atoms with van der Waals surface area (Å²) in [5.74, 6) is 0. The van der Waals surface area contributed by atoms with Gasteiger partial charge in [0.15, 0.2) is 0 Å². The van der Waals surface area contributed by atoms with E-state index in [0.717, 1.165) is 22.6 Å². The Morgan fingerprint density at radius 2 is 1.17 bits per heavy atom. The van der Waals surface area contributed by atoms with E-state index in [1.807, 2.05) is 30.3 Å². The summed E-state index contributed by atoms with van der Waals surface area (Å²) >= 11 is 0. The third-order valence-corrected chi connectivity index (χ3v) is 10.7. The quantitative estimate of drug-likeness (QED) is 0.108. The lowest BCUT2D eigenvalue weighted by Gasteiger charge is -2.18. The van der Waals surface area contributed by atoms with Gasteiger partial charge in [0, 0.05) is 16.8 Å². The van der Waals surface area contributed by atoms with Crippen LogP contribution in [0.15, 0.2) is 121 Å². The van der Waals surface area contributed by atoms with Crippen molar-refractivity contribution in [1.82, 2.24) is 0 Å². The van der Waals surface area contributed by atoms with Crippen molar-refractivity contribution in [2.75, 3.05) is 6.16 Å². The van der Waals surface area contributed by atoms with E-state index in [9.17, 15) is 4.57 Å². The van der Waals surface area contributed by atoms with E-state index in [1.165, 1.54) is 41.9 Å². The Morgan fingerprint density at radius 1 is 0.611 bits per heavy atom. The highest BCUT2D eigenvalue weighted by atomic mass is 31.2. The van der Waals surface area contributed by atoms with E-state index >= 15 is 0 Å². The molecule has 0 amide bonds. The lowest BCUT2D eigenvalue weighted by Crippen LogP contribution is -2.17. The molecule has 36 heavy (non-hydrogen) atoms. The number of hydrogen-bond acceptors (Lipinski definition) is 1. The minimum Gasteiger partial charge on any atom is -0.313 e. The third kappa shape index (κ3) is 7.16. The number of unbranched alkanes of at least 4 members (excludes halogenated alkanes) is 4. The summed E-state index contributed by atoms with van der Waals surface area (Å²) in [6, 6.07) is 37.8. The van der Waals surface area contributed by atoms with Crippen molar-refractivity contribution < 1.29 is 4.57 Å². The van der Waals surface area contributed by atoms with Crippen LogP contribution in [0.5, 0.6) is 0 Å². The maximum absolute atomic E-state index is 14.4. The molecule has 3 heteroatoms. The summed E-state index contributed by atoms with van der Waals surface area (Å²) in [5.41, 5.74) is 2.34. The third-order valence-electron chi connectivity index (χ3n) is 6.49. The molecule has 0 bridgehead atoms. The molecule has 0 aliphatic rings. The van der Waals surface area contributed by atoms with Crippen LogP contribution in [0.4, 0.5) is 0 Å². The van der Waals surface area contributed by atoms with Gasteiger partial charge in [0.05, 0.1) is 0 Å². The molecule has 0 aliphatic heterocycles. The molecule has 4 aromatic carbocycles. The minimum absolute atomic E-state index is 0.569. The number of rotatable bonds is 12. The maximum Gasteiger partial charge on any atom is 0.146 e. The molecule has 184 valence electrons. The summed E-state index contributed by atoms with van der Waals surface area (Å²) in [6.07, 6.45) is 11.0. The first-order chi connectivity index (χ1) is 17.7. The first-order valence-corrected chi connectivity index (χ1v) is 15.9. The molecule has 4 rings (SSSR count). The molecule has 0 spiro atoms. The van der Waals surface area contributed by atoms with Gasteiger partial charge < -0.3 is 4.57 Å². The highest BCUT2D eigenvalue weighted by molar-refractivity contribution is 7.78. The van der Waals surface area contributed by atoms with Crippen LogP contribution in [0, 0.1) is 0 Å². The summed E-state index contributed by atoms with van der Waals surface area (Å²) in [4.78, 5) is 0. The van der Waals surface area contributed by atoms with Gasteiger partial charge in [-0.05, 0) is 34.6 Å². The van der Waals surface area contributed by atoms with Crippen molar-refractivity contribution in [3.05, 3.63) is 121 Å². The Labute approximate surface area is 218 Å². The van der Waals surface area contributed by atoms with Crippen LogP contribution in [0.1, 0.15) is 39.0 Å². The summed E-state index contributed by atoms with van der Waals surface area (Å²) in [6.45, 7) is 2.23. The lowest BCUT2D eigenvalue weighted by molar-refractivity contribution is 0.588. The molecule has 1 nitrogen and oxygen atoms in total. The fraction of sp³-hybridized carbons (Fsp3) is 0.212. The number of benzene rings is 4. The highest BCUT2D eigenvalue weighted by Crippen LogP contribution is 2.43. The molecule has 0 aromatic heterocycles. The molecular formula is C33H36OP2. The monoisotopic (exact) mass is 510 g/mol. The number of hydrogen-bond donors (Lipinski definition) is 0. The van der Waals surface area contributed by atoms with Gasteiger partial charge in [-0.3, -0.25) is 0 Å². The summed E-state index contributed by atoms with van der Waals surface area (Å²) in [7, 11) is -2.07. The molecule has 0 N–H and O–H groups in total. The Bertz CT molecular complexity index is 1260. The second-order valence-electron chi connectivity index (χ2n) is 9.19. The van der Waals surface area contributed by atoms with Crippen LogP contribution in [0.2, 0.25) is 0 Å². The molecule has 0 saturated carbocycles. The number of allylic oxidation sites excluding steroid dienone is 2. The zero-order valence-corrected chi connectivity index (χ0v) is 23.0. The highest BCUT2D eigenvalue weighted by Gasteiger charge is 2.25. The summed E-state index contributed by atoms with van der Waals surface area (Å²) < 4.78 is 14.4. The van der Waals surface area contributed by atoms with Gasteiger partial charge in [0.25, 0.3) is 0 Å². The van der Waals surface area contributed by atoms with Gasteiger partial charge in [-0.1, -0.05) is 156 Å². The van der Waals surface area contributed by atoms with E-state index in [4.69, 9.17) is 0 Å². The maximum atomic E-state index is 14.4. The van der Waals surface area contributed by atoms with Crippen LogP contribution in [0.3, 0.4) is 0 Å². The Hall–Kier alpha value is -2.72. The first-order valence-electron chi connectivity index (χ1n) is 13.0. The van der Waals surface area contributed by atoms with Crippen LogP contribution in [-0.2, 0) is 4.57 Å². The molecule has 0 saturated heterocycles. The molecule has 0 fully saturated rings. The standard InChI is InChI=1S/C33H36OP2/c1-2-3-4-5-6-7-14-27-36(34,32-17-12-9-13-18-32)33-25-21-29(22-26-33)28-19-23-31(24-20-28)35-30-15-10-8-11-16-30/h7-26,35H,2-6,27H2,1H3/b14-7-. The molecule has 0 aliphatic carbocycles. The van der Waals surface area contributed by atoms with E-state index in [1.54, 1.807) is 0 Å². The normalized spacial score (nSPS) is 13.4.